The second kappa shape index (κ2) is 6.04. The molecule has 2 unspecified atom stereocenters. The van der Waals surface area contributed by atoms with Gasteiger partial charge in [0.25, 0.3) is 0 Å². The van der Waals surface area contributed by atoms with Crippen molar-refractivity contribution in [2.75, 3.05) is 7.05 Å². The number of furan rings is 1. The summed E-state index contributed by atoms with van der Waals surface area (Å²) in [5.74, 6) is 0.975. The maximum atomic E-state index is 6.17. The van der Waals surface area contributed by atoms with E-state index >= 15 is 0 Å². The van der Waals surface area contributed by atoms with Gasteiger partial charge in [0.15, 0.2) is 0 Å². The van der Waals surface area contributed by atoms with Gasteiger partial charge in [0, 0.05) is 24.2 Å². The molecule has 3 heteroatoms. The van der Waals surface area contributed by atoms with Crippen molar-refractivity contribution < 1.29 is 4.42 Å². The van der Waals surface area contributed by atoms with E-state index < -0.39 is 0 Å². The van der Waals surface area contributed by atoms with Crippen LogP contribution in [0.25, 0.3) is 0 Å². The molecule has 0 spiro atoms. The number of nitrogens with zero attached hydrogens (tertiary/aromatic N) is 1. The predicted octanol–water partition coefficient (Wildman–Crippen LogP) is 3.11. The van der Waals surface area contributed by atoms with Crippen LogP contribution in [0.4, 0.5) is 0 Å². The maximum absolute atomic E-state index is 6.17. The van der Waals surface area contributed by atoms with Gasteiger partial charge in [0.05, 0.1) is 6.26 Å². The molecule has 0 bridgehead atoms. The Labute approximate surface area is 115 Å². The lowest BCUT2D eigenvalue weighted by atomic mass is 9.99. The molecule has 0 aliphatic heterocycles. The van der Waals surface area contributed by atoms with Crippen LogP contribution in [0, 0.1) is 6.92 Å². The predicted molar refractivity (Wildman–Crippen MR) is 77.7 cm³/mol. The van der Waals surface area contributed by atoms with Gasteiger partial charge in [-0.1, -0.05) is 30.3 Å². The average molecular weight is 258 g/mol. The van der Waals surface area contributed by atoms with Crippen molar-refractivity contribution >= 4 is 0 Å². The van der Waals surface area contributed by atoms with E-state index in [9.17, 15) is 0 Å². The number of benzene rings is 1. The number of hydrogen-bond donors (Lipinski definition) is 1. The summed E-state index contributed by atoms with van der Waals surface area (Å²) in [7, 11) is 2.10. The summed E-state index contributed by atoms with van der Waals surface area (Å²) in [4.78, 5) is 2.28. The van der Waals surface area contributed by atoms with E-state index in [1.54, 1.807) is 6.26 Å². The minimum Gasteiger partial charge on any atom is -0.469 e. The second-order valence-electron chi connectivity index (χ2n) is 5.13. The smallest absolute Gasteiger partial charge is 0.105 e. The van der Waals surface area contributed by atoms with E-state index in [1.807, 2.05) is 19.1 Å². The SMILES string of the molecule is Cc1occc1CN(C)C(c1ccccc1)C(C)N. The summed E-state index contributed by atoms with van der Waals surface area (Å²) in [5.41, 5.74) is 8.63. The Morgan fingerprint density at radius 3 is 2.42 bits per heavy atom. The first kappa shape index (κ1) is 13.8. The summed E-state index contributed by atoms with van der Waals surface area (Å²) >= 11 is 0. The van der Waals surface area contributed by atoms with Gasteiger partial charge >= 0.3 is 0 Å². The lowest BCUT2D eigenvalue weighted by Crippen LogP contribution is -2.36. The molecule has 0 aliphatic carbocycles. The molecule has 3 nitrogen and oxygen atoms in total. The van der Waals surface area contributed by atoms with Gasteiger partial charge in [0.1, 0.15) is 5.76 Å². The standard InChI is InChI=1S/C16H22N2O/c1-12(17)16(14-7-5-4-6-8-14)18(3)11-15-9-10-19-13(15)2/h4-10,12,16H,11,17H2,1-3H3. The van der Waals surface area contributed by atoms with Crippen LogP contribution in [0.3, 0.4) is 0 Å². The summed E-state index contributed by atoms with van der Waals surface area (Å²) in [6.07, 6.45) is 1.74. The van der Waals surface area contributed by atoms with E-state index in [-0.39, 0.29) is 12.1 Å². The van der Waals surface area contributed by atoms with Crippen molar-refractivity contribution in [1.29, 1.82) is 0 Å². The zero-order valence-electron chi connectivity index (χ0n) is 11.8. The van der Waals surface area contributed by atoms with Crippen molar-refractivity contribution in [3.63, 3.8) is 0 Å². The highest BCUT2D eigenvalue weighted by atomic mass is 16.3. The Morgan fingerprint density at radius 1 is 1.21 bits per heavy atom. The van der Waals surface area contributed by atoms with Crippen LogP contribution in [-0.4, -0.2) is 18.0 Å². The highest BCUT2D eigenvalue weighted by Crippen LogP contribution is 2.24. The quantitative estimate of drug-likeness (QED) is 0.896. The lowest BCUT2D eigenvalue weighted by molar-refractivity contribution is 0.210. The second-order valence-corrected chi connectivity index (χ2v) is 5.13. The molecule has 2 N–H and O–H groups in total. The zero-order chi connectivity index (χ0) is 13.8. The first-order valence-electron chi connectivity index (χ1n) is 6.63. The highest BCUT2D eigenvalue weighted by molar-refractivity contribution is 5.22. The summed E-state index contributed by atoms with van der Waals surface area (Å²) in [5, 5.41) is 0. The van der Waals surface area contributed by atoms with Gasteiger partial charge in [0.2, 0.25) is 0 Å². The molecule has 0 saturated heterocycles. The summed E-state index contributed by atoms with van der Waals surface area (Å²) in [6.45, 7) is 4.88. The topological polar surface area (TPSA) is 42.4 Å². The molecule has 2 rings (SSSR count). The Kier molecular flexibility index (Phi) is 4.40. The van der Waals surface area contributed by atoms with E-state index in [0.29, 0.717) is 0 Å². The molecule has 1 aromatic heterocycles. The van der Waals surface area contributed by atoms with Gasteiger partial charge in [-0.05, 0) is 32.5 Å². The molecule has 0 fully saturated rings. The van der Waals surface area contributed by atoms with Gasteiger partial charge < -0.3 is 10.2 Å². The summed E-state index contributed by atoms with van der Waals surface area (Å²) in [6, 6.07) is 12.7. The molecule has 2 aromatic rings. The maximum Gasteiger partial charge on any atom is 0.105 e. The first-order valence-corrected chi connectivity index (χ1v) is 6.63. The van der Waals surface area contributed by atoms with Crippen molar-refractivity contribution in [2.24, 2.45) is 5.73 Å². The number of nitrogens with two attached hydrogens (primary N) is 1. The van der Waals surface area contributed by atoms with Gasteiger partial charge in [-0.3, -0.25) is 4.90 Å². The molecule has 0 aliphatic rings. The number of likely N-dealkylation sites (N-methyl/N-ethyl adjacent to an activating group) is 1. The zero-order valence-corrected chi connectivity index (χ0v) is 11.8. The van der Waals surface area contributed by atoms with Crippen LogP contribution < -0.4 is 5.73 Å². The molecular weight excluding hydrogens is 236 g/mol. The van der Waals surface area contributed by atoms with Crippen LogP contribution in [-0.2, 0) is 6.54 Å². The van der Waals surface area contributed by atoms with E-state index in [4.69, 9.17) is 10.2 Å². The van der Waals surface area contributed by atoms with Gasteiger partial charge in [-0.25, -0.2) is 0 Å². The molecule has 0 radical (unpaired) electrons. The lowest BCUT2D eigenvalue weighted by Gasteiger charge is -2.31. The van der Waals surface area contributed by atoms with Crippen LogP contribution in [0.5, 0.6) is 0 Å². The molecular formula is C16H22N2O. The minimum absolute atomic E-state index is 0.0691. The van der Waals surface area contributed by atoms with Crippen LogP contribution >= 0.6 is 0 Å². The third kappa shape index (κ3) is 3.25. The normalized spacial score (nSPS) is 14.6. The first-order chi connectivity index (χ1) is 9.09. The fraction of sp³-hybridized carbons (Fsp3) is 0.375. The van der Waals surface area contributed by atoms with E-state index in [1.165, 1.54) is 11.1 Å². The van der Waals surface area contributed by atoms with E-state index in [2.05, 4.69) is 43.1 Å². The Bertz CT molecular complexity index is 504. The van der Waals surface area contributed by atoms with Crippen LogP contribution in [0.15, 0.2) is 47.1 Å². The van der Waals surface area contributed by atoms with Crippen LogP contribution in [0.2, 0.25) is 0 Å². The fourth-order valence-electron chi connectivity index (χ4n) is 2.55. The Balaban J connectivity index is 2.18. The van der Waals surface area contributed by atoms with Crippen molar-refractivity contribution in [2.45, 2.75) is 32.5 Å². The number of rotatable bonds is 5. The van der Waals surface area contributed by atoms with E-state index in [0.717, 1.165) is 12.3 Å². The number of hydrogen-bond acceptors (Lipinski definition) is 3. The highest BCUT2D eigenvalue weighted by Gasteiger charge is 2.21. The van der Waals surface area contributed by atoms with Crippen molar-refractivity contribution in [3.05, 3.63) is 59.5 Å². The minimum atomic E-state index is 0.0691. The number of aryl methyl sites for hydroxylation is 1. The Morgan fingerprint density at radius 2 is 1.89 bits per heavy atom. The van der Waals surface area contributed by atoms with Gasteiger partial charge in [-0.15, -0.1) is 0 Å². The largest absolute Gasteiger partial charge is 0.469 e. The molecule has 1 aromatic carbocycles. The molecule has 2 atom stereocenters. The Hall–Kier alpha value is -1.58. The summed E-state index contributed by atoms with van der Waals surface area (Å²) < 4.78 is 5.35. The molecule has 19 heavy (non-hydrogen) atoms. The average Bonchev–Trinajstić information content (AvgIpc) is 2.76. The monoisotopic (exact) mass is 258 g/mol. The van der Waals surface area contributed by atoms with Crippen molar-refractivity contribution in [3.8, 4) is 0 Å². The molecule has 0 amide bonds. The molecule has 1 heterocycles. The van der Waals surface area contributed by atoms with Crippen molar-refractivity contribution in [1.82, 2.24) is 4.90 Å². The fourth-order valence-corrected chi connectivity index (χ4v) is 2.55. The third-order valence-corrected chi connectivity index (χ3v) is 3.50. The van der Waals surface area contributed by atoms with Crippen LogP contribution in [0.1, 0.15) is 29.9 Å². The molecule has 0 saturated carbocycles. The third-order valence-electron chi connectivity index (χ3n) is 3.50. The van der Waals surface area contributed by atoms with Gasteiger partial charge in [-0.2, -0.15) is 0 Å². The molecule has 102 valence electrons.